The Morgan fingerprint density at radius 2 is 1.45 bits per heavy atom. The topological polar surface area (TPSA) is 92.3 Å². The van der Waals surface area contributed by atoms with Gasteiger partial charge in [-0.3, -0.25) is 4.90 Å². The Labute approximate surface area is 249 Å². The van der Waals surface area contributed by atoms with E-state index in [2.05, 4.69) is 39.8 Å². The van der Waals surface area contributed by atoms with Gasteiger partial charge in [0.1, 0.15) is 0 Å². The largest absolute Gasteiger partial charge is 0.392 e. The van der Waals surface area contributed by atoms with Crippen LogP contribution in [0.5, 0.6) is 0 Å². The summed E-state index contributed by atoms with van der Waals surface area (Å²) in [6.45, 7) is 4.71. The molecular formula is C34H45N3O5. The van der Waals surface area contributed by atoms with Crippen LogP contribution in [0.15, 0.2) is 48.5 Å². The SMILES string of the molecule is O=C(NCc1ccc(C2OC(CN3CCOCC3)CC(c3ccc(CO)cc3)O2)cc1)NC12CC3CC(CC(C3)C1)C2. The van der Waals surface area contributed by atoms with Gasteiger partial charge in [-0.1, -0.05) is 48.5 Å². The second-order valence-electron chi connectivity index (χ2n) is 13.5. The van der Waals surface area contributed by atoms with Gasteiger partial charge in [-0.25, -0.2) is 4.79 Å². The number of carbonyl (C=O) groups excluding carboxylic acids is 1. The second-order valence-corrected chi connectivity index (χ2v) is 13.5. The van der Waals surface area contributed by atoms with Crippen LogP contribution in [0.3, 0.4) is 0 Å². The van der Waals surface area contributed by atoms with Crippen LogP contribution < -0.4 is 10.6 Å². The molecule has 0 radical (unpaired) electrons. The maximum atomic E-state index is 12.9. The van der Waals surface area contributed by atoms with Gasteiger partial charge in [0.05, 0.1) is 32.0 Å². The standard InChI is InChI=1S/C34H45N3O5/c38-22-24-3-5-28(6-4-24)31-16-30(21-37-9-11-40-12-10-37)41-32(42-31)29-7-1-23(2-8-29)20-35-33(39)36-34-17-25-13-26(18-34)15-27(14-25)19-34/h1-8,25-27,30-32,38H,9-22H2,(H2,35,36,39). The third-order valence-electron chi connectivity index (χ3n) is 10.3. The van der Waals surface area contributed by atoms with Crippen LogP contribution in [-0.4, -0.2) is 60.5 Å². The first-order valence-corrected chi connectivity index (χ1v) is 16.0. The highest BCUT2D eigenvalue weighted by Gasteiger charge is 2.51. The van der Waals surface area contributed by atoms with Crippen molar-refractivity contribution in [3.05, 3.63) is 70.8 Å². The van der Waals surface area contributed by atoms with Gasteiger partial charge in [0.15, 0.2) is 6.29 Å². The smallest absolute Gasteiger partial charge is 0.315 e. The van der Waals surface area contributed by atoms with E-state index in [4.69, 9.17) is 14.2 Å². The Morgan fingerprint density at radius 3 is 2.10 bits per heavy atom. The Bertz CT molecular complexity index is 1180. The van der Waals surface area contributed by atoms with Crippen LogP contribution in [0.4, 0.5) is 4.79 Å². The average molecular weight is 576 g/mol. The molecule has 4 aliphatic carbocycles. The normalized spacial score (nSPS) is 34.3. The number of nitrogens with zero attached hydrogens (tertiary/aromatic N) is 1. The summed E-state index contributed by atoms with van der Waals surface area (Å²) >= 11 is 0. The summed E-state index contributed by atoms with van der Waals surface area (Å²) in [6.07, 6.45) is 7.79. The number of hydrogen-bond donors (Lipinski definition) is 3. The fourth-order valence-corrected chi connectivity index (χ4v) is 8.63. The molecule has 2 aromatic rings. The highest BCUT2D eigenvalue weighted by molar-refractivity contribution is 5.75. The van der Waals surface area contributed by atoms with Crippen LogP contribution in [-0.2, 0) is 27.4 Å². The first-order chi connectivity index (χ1) is 20.5. The zero-order valence-corrected chi connectivity index (χ0v) is 24.5. The fourth-order valence-electron chi connectivity index (χ4n) is 8.63. The molecule has 3 atom stereocenters. The van der Waals surface area contributed by atoms with Crippen molar-refractivity contribution in [1.29, 1.82) is 0 Å². The van der Waals surface area contributed by atoms with Crippen LogP contribution in [0.1, 0.15) is 79.6 Å². The number of ether oxygens (including phenoxy) is 3. The minimum Gasteiger partial charge on any atom is -0.392 e. The van der Waals surface area contributed by atoms with Crippen molar-refractivity contribution in [2.75, 3.05) is 32.8 Å². The van der Waals surface area contributed by atoms with E-state index in [0.717, 1.165) is 98.5 Å². The quantitative estimate of drug-likeness (QED) is 0.418. The molecule has 4 saturated carbocycles. The minimum absolute atomic E-state index is 0.0189. The third kappa shape index (κ3) is 6.38. The van der Waals surface area contributed by atoms with Gasteiger partial charge in [0.25, 0.3) is 0 Å². The molecule has 226 valence electrons. The molecular weight excluding hydrogens is 530 g/mol. The molecule has 2 saturated heterocycles. The molecule has 3 unspecified atom stereocenters. The molecule has 42 heavy (non-hydrogen) atoms. The lowest BCUT2D eigenvalue weighted by Gasteiger charge is -2.56. The number of amides is 2. The summed E-state index contributed by atoms with van der Waals surface area (Å²) < 4.78 is 18.6. The van der Waals surface area contributed by atoms with Gasteiger partial charge in [-0.15, -0.1) is 0 Å². The van der Waals surface area contributed by atoms with Gasteiger partial charge < -0.3 is 30.0 Å². The number of aliphatic hydroxyl groups is 1. The summed E-state index contributed by atoms with van der Waals surface area (Å²) in [7, 11) is 0. The van der Waals surface area contributed by atoms with Crippen molar-refractivity contribution >= 4 is 6.03 Å². The van der Waals surface area contributed by atoms with Crippen molar-refractivity contribution in [3.63, 3.8) is 0 Å². The van der Waals surface area contributed by atoms with Gasteiger partial charge >= 0.3 is 6.03 Å². The molecule has 4 bridgehead atoms. The van der Waals surface area contributed by atoms with Crippen LogP contribution >= 0.6 is 0 Å². The summed E-state index contributed by atoms with van der Waals surface area (Å²) in [5.41, 5.74) is 4.03. The summed E-state index contributed by atoms with van der Waals surface area (Å²) in [5.74, 6) is 2.42. The molecule has 8 rings (SSSR count). The minimum atomic E-state index is -0.478. The molecule has 3 N–H and O–H groups in total. The first-order valence-electron chi connectivity index (χ1n) is 16.0. The highest BCUT2D eigenvalue weighted by atomic mass is 16.7. The number of urea groups is 1. The van der Waals surface area contributed by atoms with E-state index in [0.29, 0.717) is 6.54 Å². The zero-order valence-electron chi connectivity index (χ0n) is 24.5. The second kappa shape index (κ2) is 12.2. The molecule has 2 aromatic carbocycles. The third-order valence-corrected chi connectivity index (χ3v) is 10.3. The van der Waals surface area contributed by atoms with Crippen molar-refractivity contribution < 1.29 is 24.1 Å². The van der Waals surface area contributed by atoms with Gasteiger partial charge in [0, 0.05) is 43.7 Å². The van der Waals surface area contributed by atoms with E-state index >= 15 is 0 Å². The number of rotatable bonds is 8. The number of benzene rings is 2. The Hall–Kier alpha value is -2.49. The number of carbonyl (C=O) groups is 1. The van der Waals surface area contributed by atoms with Crippen molar-refractivity contribution in [1.82, 2.24) is 15.5 Å². The fraction of sp³-hybridized carbons (Fsp3) is 0.618. The van der Waals surface area contributed by atoms with E-state index in [1.165, 1.54) is 19.3 Å². The number of hydrogen-bond acceptors (Lipinski definition) is 6. The van der Waals surface area contributed by atoms with E-state index in [1.807, 2.05) is 24.3 Å². The van der Waals surface area contributed by atoms with Gasteiger partial charge in [-0.2, -0.15) is 0 Å². The van der Waals surface area contributed by atoms with E-state index in [9.17, 15) is 9.90 Å². The predicted molar refractivity (Wildman–Crippen MR) is 158 cm³/mol. The molecule has 2 amide bonds. The molecule has 6 aliphatic rings. The first kappa shape index (κ1) is 28.3. The lowest BCUT2D eigenvalue weighted by molar-refractivity contribution is -0.253. The molecule has 8 nitrogen and oxygen atoms in total. The molecule has 8 heteroatoms. The Kier molecular flexibility index (Phi) is 8.25. The summed E-state index contributed by atoms with van der Waals surface area (Å²) in [4.78, 5) is 15.3. The maximum absolute atomic E-state index is 12.9. The molecule has 2 heterocycles. The number of morpholine rings is 1. The van der Waals surface area contributed by atoms with Gasteiger partial charge in [0.2, 0.25) is 0 Å². The summed E-state index contributed by atoms with van der Waals surface area (Å²) in [6, 6.07) is 16.2. The number of nitrogens with one attached hydrogen (secondary N) is 2. The Morgan fingerprint density at radius 1 is 0.833 bits per heavy atom. The lowest BCUT2D eigenvalue weighted by Crippen LogP contribution is -2.61. The van der Waals surface area contributed by atoms with Crippen LogP contribution in [0.2, 0.25) is 0 Å². The predicted octanol–water partition coefficient (Wildman–Crippen LogP) is 4.82. The van der Waals surface area contributed by atoms with E-state index in [1.54, 1.807) is 0 Å². The Balaban J connectivity index is 0.979. The zero-order chi connectivity index (χ0) is 28.5. The van der Waals surface area contributed by atoms with Gasteiger partial charge in [-0.05, 0) is 73.0 Å². The maximum Gasteiger partial charge on any atom is 0.315 e. The average Bonchev–Trinajstić information content (AvgIpc) is 3.00. The monoisotopic (exact) mass is 575 g/mol. The number of aliphatic hydroxyl groups excluding tert-OH is 1. The van der Waals surface area contributed by atoms with Crippen LogP contribution in [0.25, 0.3) is 0 Å². The van der Waals surface area contributed by atoms with Crippen LogP contribution in [0, 0.1) is 17.8 Å². The molecule has 2 aliphatic heterocycles. The lowest BCUT2D eigenvalue weighted by atomic mass is 9.53. The van der Waals surface area contributed by atoms with E-state index < -0.39 is 6.29 Å². The summed E-state index contributed by atoms with van der Waals surface area (Å²) in [5, 5.41) is 16.0. The van der Waals surface area contributed by atoms with Crippen molar-refractivity contribution in [2.45, 2.75) is 82.1 Å². The molecule has 0 aromatic heterocycles. The van der Waals surface area contributed by atoms with E-state index in [-0.39, 0.29) is 30.4 Å². The highest BCUT2D eigenvalue weighted by Crippen LogP contribution is 2.55. The molecule has 6 fully saturated rings. The van der Waals surface area contributed by atoms with Crippen molar-refractivity contribution in [3.8, 4) is 0 Å². The van der Waals surface area contributed by atoms with Crippen molar-refractivity contribution in [2.24, 2.45) is 17.8 Å². The molecule has 0 spiro atoms.